The molecular weight excluding hydrogens is 470 g/mol. The van der Waals surface area contributed by atoms with Crippen molar-refractivity contribution in [3.8, 4) is 11.5 Å². The number of hydrogen-bond acceptors (Lipinski definition) is 6. The predicted octanol–water partition coefficient (Wildman–Crippen LogP) is 4.67. The Morgan fingerprint density at radius 2 is 1.78 bits per heavy atom. The molecule has 4 aromatic rings. The SMILES string of the molecule is CCOc1ccc(C2/C(=C(\O)c3c(C)nc4ccccn34)C(=O)C(=O)N2Cc2ccccc2)cc1OC. The quantitative estimate of drug-likeness (QED) is 0.227. The van der Waals surface area contributed by atoms with Gasteiger partial charge in [-0.05, 0) is 49.2 Å². The van der Waals surface area contributed by atoms with Gasteiger partial charge in [-0.2, -0.15) is 0 Å². The molecule has 1 aliphatic rings. The molecule has 5 rings (SSSR count). The lowest BCUT2D eigenvalue weighted by molar-refractivity contribution is -0.140. The van der Waals surface area contributed by atoms with E-state index >= 15 is 0 Å². The Morgan fingerprint density at radius 1 is 1.03 bits per heavy atom. The van der Waals surface area contributed by atoms with Gasteiger partial charge < -0.3 is 19.5 Å². The summed E-state index contributed by atoms with van der Waals surface area (Å²) < 4.78 is 12.9. The van der Waals surface area contributed by atoms with Crippen LogP contribution in [0.2, 0.25) is 0 Å². The number of carbonyl (C=O) groups excluding carboxylic acids is 2. The molecule has 1 aliphatic heterocycles. The first-order valence-electron chi connectivity index (χ1n) is 12.0. The number of aromatic nitrogens is 2. The van der Waals surface area contributed by atoms with Gasteiger partial charge in [-0.3, -0.25) is 14.0 Å². The Kier molecular flexibility index (Phi) is 6.40. The molecule has 0 aliphatic carbocycles. The zero-order valence-corrected chi connectivity index (χ0v) is 20.8. The summed E-state index contributed by atoms with van der Waals surface area (Å²) in [4.78, 5) is 32.9. The van der Waals surface area contributed by atoms with Gasteiger partial charge in [-0.1, -0.05) is 42.5 Å². The van der Waals surface area contributed by atoms with E-state index in [1.165, 1.54) is 12.0 Å². The van der Waals surface area contributed by atoms with Crippen LogP contribution < -0.4 is 9.47 Å². The van der Waals surface area contributed by atoms with Gasteiger partial charge in [0.05, 0.1) is 31.0 Å². The van der Waals surface area contributed by atoms with Crippen molar-refractivity contribution in [3.63, 3.8) is 0 Å². The zero-order valence-electron chi connectivity index (χ0n) is 20.8. The summed E-state index contributed by atoms with van der Waals surface area (Å²) in [7, 11) is 1.53. The van der Waals surface area contributed by atoms with Crippen molar-refractivity contribution in [2.45, 2.75) is 26.4 Å². The number of benzene rings is 2. The third-order valence-electron chi connectivity index (χ3n) is 6.47. The minimum atomic E-state index is -0.849. The lowest BCUT2D eigenvalue weighted by atomic mass is 9.95. The zero-order chi connectivity index (χ0) is 26.1. The van der Waals surface area contributed by atoms with Crippen LogP contribution in [0, 0.1) is 6.92 Å². The number of hydrogen-bond donors (Lipinski definition) is 1. The van der Waals surface area contributed by atoms with Gasteiger partial charge >= 0.3 is 0 Å². The number of ether oxygens (including phenoxy) is 2. The maximum atomic E-state index is 13.5. The molecule has 1 saturated heterocycles. The number of Topliss-reactive ketones (excluding diaryl/α,β-unsaturated/α-hetero) is 1. The number of fused-ring (bicyclic) bond motifs is 1. The Bertz CT molecular complexity index is 1520. The minimum Gasteiger partial charge on any atom is -0.505 e. The van der Waals surface area contributed by atoms with Crippen molar-refractivity contribution in [1.82, 2.24) is 14.3 Å². The fourth-order valence-electron chi connectivity index (χ4n) is 4.83. The Hall–Kier alpha value is -4.59. The van der Waals surface area contributed by atoms with Gasteiger partial charge in [0.2, 0.25) is 0 Å². The van der Waals surface area contributed by atoms with Gasteiger partial charge in [0, 0.05) is 12.7 Å². The molecule has 2 aromatic heterocycles. The summed E-state index contributed by atoms with van der Waals surface area (Å²) in [6.45, 7) is 4.28. The summed E-state index contributed by atoms with van der Waals surface area (Å²) in [5.41, 5.74) is 3.01. The number of nitrogens with zero attached hydrogens (tertiary/aromatic N) is 3. The van der Waals surface area contributed by atoms with Gasteiger partial charge in [-0.15, -0.1) is 0 Å². The van der Waals surface area contributed by atoms with Crippen molar-refractivity contribution < 1.29 is 24.2 Å². The second-order valence-electron chi connectivity index (χ2n) is 8.73. The predicted molar refractivity (Wildman–Crippen MR) is 138 cm³/mol. The minimum absolute atomic E-state index is 0.000831. The first kappa shape index (κ1) is 24.1. The molecule has 1 N–H and O–H groups in total. The van der Waals surface area contributed by atoms with Crippen LogP contribution in [0.25, 0.3) is 11.4 Å². The average molecular weight is 498 g/mol. The molecule has 0 saturated carbocycles. The van der Waals surface area contributed by atoms with Crippen LogP contribution >= 0.6 is 0 Å². The second kappa shape index (κ2) is 9.81. The van der Waals surface area contributed by atoms with Gasteiger partial charge in [0.25, 0.3) is 11.7 Å². The molecule has 188 valence electrons. The number of likely N-dealkylation sites (tertiary alicyclic amines) is 1. The molecule has 1 atom stereocenters. The molecular formula is C29H27N3O5. The van der Waals surface area contributed by atoms with Crippen LogP contribution in [0.5, 0.6) is 11.5 Å². The number of aryl methyl sites for hydroxylation is 1. The third kappa shape index (κ3) is 4.20. The molecule has 8 nitrogen and oxygen atoms in total. The molecule has 0 bridgehead atoms. The van der Waals surface area contributed by atoms with Crippen molar-refractivity contribution in [2.75, 3.05) is 13.7 Å². The molecule has 37 heavy (non-hydrogen) atoms. The van der Waals surface area contributed by atoms with E-state index in [2.05, 4.69) is 4.98 Å². The summed E-state index contributed by atoms with van der Waals surface area (Å²) >= 11 is 0. The van der Waals surface area contributed by atoms with Gasteiger partial charge in [0.15, 0.2) is 17.3 Å². The van der Waals surface area contributed by atoms with Crippen LogP contribution in [-0.4, -0.2) is 44.8 Å². The lowest BCUT2D eigenvalue weighted by Crippen LogP contribution is -2.29. The highest BCUT2D eigenvalue weighted by molar-refractivity contribution is 6.46. The normalized spacial score (nSPS) is 16.9. The van der Waals surface area contributed by atoms with E-state index in [1.54, 1.807) is 35.7 Å². The highest BCUT2D eigenvalue weighted by Crippen LogP contribution is 2.43. The molecule has 1 fully saturated rings. The summed E-state index contributed by atoms with van der Waals surface area (Å²) in [6, 6.07) is 19.3. The van der Waals surface area contributed by atoms with Crippen LogP contribution in [0.1, 0.15) is 35.5 Å². The third-order valence-corrected chi connectivity index (χ3v) is 6.47. The van der Waals surface area contributed by atoms with Gasteiger partial charge in [-0.25, -0.2) is 4.98 Å². The average Bonchev–Trinajstić information content (AvgIpc) is 3.37. The number of pyridine rings is 1. The van der Waals surface area contributed by atoms with E-state index in [4.69, 9.17) is 9.47 Å². The van der Waals surface area contributed by atoms with E-state index < -0.39 is 17.7 Å². The summed E-state index contributed by atoms with van der Waals surface area (Å²) in [6.07, 6.45) is 1.76. The first-order chi connectivity index (χ1) is 17.9. The number of carbonyl (C=O) groups is 2. The number of aliphatic hydroxyl groups is 1. The van der Waals surface area contributed by atoms with Crippen LogP contribution in [0.3, 0.4) is 0 Å². The Labute approximate surface area is 214 Å². The molecule has 8 heteroatoms. The first-order valence-corrected chi connectivity index (χ1v) is 12.0. The van der Waals surface area contributed by atoms with Crippen molar-refractivity contribution >= 4 is 23.1 Å². The van der Waals surface area contributed by atoms with E-state index in [-0.39, 0.29) is 17.9 Å². The second-order valence-corrected chi connectivity index (χ2v) is 8.73. The van der Waals surface area contributed by atoms with Crippen molar-refractivity contribution in [1.29, 1.82) is 0 Å². The molecule has 0 spiro atoms. The summed E-state index contributed by atoms with van der Waals surface area (Å²) in [5, 5.41) is 11.6. The highest BCUT2D eigenvalue weighted by Gasteiger charge is 2.46. The number of aliphatic hydroxyl groups excluding tert-OH is 1. The number of imidazole rings is 1. The molecule has 1 amide bonds. The lowest BCUT2D eigenvalue weighted by Gasteiger charge is -2.26. The van der Waals surface area contributed by atoms with Gasteiger partial charge in [0.1, 0.15) is 11.3 Å². The van der Waals surface area contributed by atoms with Crippen molar-refractivity contribution in [2.24, 2.45) is 0 Å². The maximum Gasteiger partial charge on any atom is 0.295 e. The number of rotatable bonds is 7. The highest BCUT2D eigenvalue weighted by atomic mass is 16.5. The topological polar surface area (TPSA) is 93.4 Å². The van der Waals surface area contributed by atoms with E-state index in [9.17, 15) is 14.7 Å². The molecule has 0 radical (unpaired) electrons. The van der Waals surface area contributed by atoms with Crippen LogP contribution in [0.4, 0.5) is 0 Å². The Morgan fingerprint density at radius 3 is 2.51 bits per heavy atom. The fraction of sp³-hybridized carbons (Fsp3) is 0.207. The molecule has 3 heterocycles. The number of ketones is 1. The Balaban J connectivity index is 1.72. The number of amides is 1. The van der Waals surface area contributed by atoms with E-state index in [1.807, 2.05) is 55.5 Å². The number of methoxy groups -OCH3 is 1. The van der Waals surface area contributed by atoms with Crippen molar-refractivity contribution in [3.05, 3.63) is 101 Å². The fourth-order valence-corrected chi connectivity index (χ4v) is 4.83. The summed E-state index contributed by atoms with van der Waals surface area (Å²) in [5.74, 6) is -0.698. The van der Waals surface area contributed by atoms with E-state index in [0.29, 0.717) is 40.7 Å². The smallest absolute Gasteiger partial charge is 0.295 e. The molecule has 1 unspecified atom stereocenters. The maximum absolute atomic E-state index is 13.5. The largest absolute Gasteiger partial charge is 0.505 e. The van der Waals surface area contributed by atoms with E-state index in [0.717, 1.165) is 5.56 Å². The van der Waals surface area contributed by atoms with Crippen LogP contribution in [-0.2, 0) is 16.1 Å². The van der Waals surface area contributed by atoms with Crippen LogP contribution in [0.15, 0.2) is 78.5 Å². The molecule has 2 aromatic carbocycles. The standard InChI is InChI=1S/C29H27N3O5/c1-4-37-21-14-13-20(16-22(21)36-3)26-24(27(33)25-18(2)30-23-12-8-9-15-31(23)25)28(34)29(35)32(26)17-19-10-6-5-7-11-19/h5-16,26,33H,4,17H2,1-3H3/b27-24+. The monoisotopic (exact) mass is 497 g/mol.